The van der Waals surface area contributed by atoms with E-state index in [0.29, 0.717) is 0 Å². The fourth-order valence-electron chi connectivity index (χ4n) is 0.919. The van der Waals surface area contributed by atoms with Crippen molar-refractivity contribution in [2.24, 2.45) is 0 Å². The van der Waals surface area contributed by atoms with Gasteiger partial charge < -0.3 is 0 Å². The molecule has 0 bridgehead atoms. The van der Waals surface area contributed by atoms with E-state index < -0.39 is 0 Å². The Hall–Kier alpha value is -2.26. The molecule has 0 heterocycles. The van der Waals surface area contributed by atoms with E-state index >= 15 is 0 Å². The first-order valence-corrected chi connectivity index (χ1v) is 4.95. The topological polar surface area (TPSA) is 0 Å². The molecule has 2 aromatic carbocycles. The highest BCUT2D eigenvalue weighted by Gasteiger charge is 1.76. The second-order valence-electron chi connectivity index (χ2n) is 2.67. The maximum Gasteiger partial charge on any atom is 0.0242 e. The zero-order chi connectivity index (χ0) is 12.1. The lowest BCUT2D eigenvalue weighted by atomic mass is 10.2. The number of hydrogen-bond acceptors (Lipinski definition) is 0. The maximum atomic E-state index is 5.10. The van der Waals surface area contributed by atoms with E-state index in [0.717, 1.165) is 5.56 Å². The summed E-state index contributed by atoms with van der Waals surface area (Å²) in [6, 6.07) is 21.6. The van der Waals surface area contributed by atoms with Crippen LogP contribution in [0.3, 0.4) is 0 Å². The van der Waals surface area contributed by atoms with Crippen molar-refractivity contribution in [3.05, 3.63) is 85.5 Å². The molecule has 0 aliphatic carbocycles. The van der Waals surface area contributed by atoms with Gasteiger partial charge in [0.15, 0.2) is 0 Å². The second kappa shape index (κ2) is 10.8. The zero-order valence-corrected chi connectivity index (χ0v) is 9.34. The highest BCUT2D eigenvalue weighted by molar-refractivity contribution is 5.30. The minimum atomic E-state index is 0.938. The van der Waals surface area contributed by atoms with E-state index in [4.69, 9.17) is 6.42 Å². The van der Waals surface area contributed by atoms with E-state index in [9.17, 15) is 0 Å². The molecule has 0 aliphatic rings. The predicted molar refractivity (Wildman–Crippen MR) is 72.1 cm³/mol. The summed E-state index contributed by atoms with van der Waals surface area (Å²) >= 11 is 0. The molecule has 0 saturated carbocycles. The van der Waals surface area contributed by atoms with Gasteiger partial charge in [-0.05, 0) is 12.1 Å². The Morgan fingerprint density at radius 1 is 0.688 bits per heavy atom. The van der Waals surface area contributed by atoms with Crippen molar-refractivity contribution in [2.45, 2.75) is 0 Å². The molecular weight excluding hydrogens is 192 g/mol. The standard InChI is InChI=1S/C8H6.C6H6.C2H4/c1-2-8-6-4-3-5-7-8;1-2-4-6-5-3-1;1-2/h1,3-7H;1-6H;1-2H2. The van der Waals surface area contributed by atoms with Gasteiger partial charge in [-0.2, -0.15) is 0 Å². The first-order chi connectivity index (χ1) is 7.93. The first kappa shape index (κ1) is 13.7. The van der Waals surface area contributed by atoms with Crippen LogP contribution in [0.25, 0.3) is 0 Å². The van der Waals surface area contributed by atoms with Gasteiger partial charge in [0.2, 0.25) is 0 Å². The van der Waals surface area contributed by atoms with E-state index in [1.807, 2.05) is 66.7 Å². The van der Waals surface area contributed by atoms with E-state index in [1.165, 1.54) is 0 Å². The van der Waals surface area contributed by atoms with Crippen LogP contribution in [0.2, 0.25) is 0 Å². The Kier molecular flexibility index (Phi) is 9.29. The van der Waals surface area contributed by atoms with Gasteiger partial charge in [-0.1, -0.05) is 60.5 Å². The normalized spacial score (nSPS) is 7.19. The van der Waals surface area contributed by atoms with Crippen LogP contribution in [-0.4, -0.2) is 0 Å². The zero-order valence-electron chi connectivity index (χ0n) is 9.34. The molecule has 0 heteroatoms. The molecule has 0 nitrogen and oxygen atoms in total. The van der Waals surface area contributed by atoms with Crippen LogP contribution >= 0.6 is 0 Å². The van der Waals surface area contributed by atoms with E-state index in [-0.39, 0.29) is 0 Å². The van der Waals surface area contributed by atoms with Crippen molar-refractivity contribution >= 4 is 0 Å². The summed E-state index contributed by atoms with van der Waals surface area (Å²) in [5.41, 5.74) is 0.938. The molecule has 16 heavy (non-hydrogen) atoms. The lowest BCUT2D eigenvalue weighted by Gasteiger charge is -1.82. The van der Waals surface area contributed by atoms with Crippen LogP contribution in [0, 0.1) is 12.3 Å². The number of terminal acetylenes is 1. The Labute approximate surface area is 98.3 Å². The minimum absolute atomic E-state index is 0.938. The van der Waals surface area contributed by atoms with Crippen LogP contribution in [0.4, 0.5) is 0 Å². The molecule has 0 fully saturated rings. The summed E-state index contributed by atoms with van der Waals surface area (Å²) in [6.07, 6.45) is 5.10. The Bertz CT molecular complexity index is 355. The quantitative estimate of drug-likeness (QED) is 0.450. The van der Waals surface area contributed by atoms with Gasteiger partial charge in [-0.15, -0.1) is 19.6 Å². The molecule has 0 radical (unpaired) electrons. The van der Waals surface area contributed by atoms with Crippen molar-refractivity contribution in [2.75, 3.05) is 0 Å². The summed E-state index contributed by atoms with van der Waals surface area (Å²) in [7, 11) is 0. The molecule has 0 aliphatic heterocycles. The summed E-state index contributed by atoms with van der Waals surface area (Å²) in [5.74, 6) is 2.53. The third-order valence-electron chi connectivity index (χ3n) is 1.61. The summed E-state index contributed by atoms with van der Waals surface area (Å²) in [5, 5.41) is 0. The first-order valence-electron chi connectivity index (χ1n) is 4.95. The summed E-state index contributed by atoms with van der Waals surface area (Å²) in [4.78, 5) is 0. The predicted octanol–water partition coefficient (Wildman–Crippen LogP) is 4.16. The number of benzene rings is 2. The molecule has 2 aromatic rings. The summed E-state index contributed by atoms with van der Waals surface area (Å²) in [6.45, 7) is 6.00. The van der Waals surface area contributed by atoms with Gasteiger partial charge in [0, 0.05) is 5.56 Å². The van der Waals surface area contributed by atoms with Crippen molar-refractivity contribution in [3.63, 3.8) is 0 Å². The maximum absolute atomic E-state index is 5.10. The smallest absolute Gasteiger partial charge is 0.0242 e. The summed E-state index contributed by atoms with van der Waals surface area (Å²) < 4.78 is 0. The number of rotatable bonds is 0. The highest BCUT2D eigenvalue weighted by Crippen LogP contribution is 1.93. The fraction of sp³-hybridized carbons (Fsp3) is 0. The monoisotopic (exact) mass is 208 g/mol. The third-order valence-corrected chi connectivity index (χ3v) is 1.61. The Morgan fingerprint density at radius 3 is 1.25 bits per heavy atom. The van der Waals surface area contributed by atoms with Crippen LogP contribution < -0.4 is 0 Å². The molecular formula is C16H16. The van der Waals surface area contributed by atoms with Crippen LogP contribution in [-0.2, 0) is 0 Å². The van der Waals surface area contributed by atoms with E-state index in [1.54, 1.807) is 0 Å². The molecule has 80 valence electrons. The Balaban J connectivity index is 0.000000251. The molecule has 0 saturated heterocycles. The van der Waals surface area contributed by atoms with Gasteiger partial charge >= 0.3 is 0 Å². The van der Waals surface area contributed by atoms with Crippen molar-refractivity contribution < 1.29 is 0 Å². The average Bonchev–Trinajstić information content (AvgIpc) is 2.44. The fourth-order valence-corrected chi connectivity index (χ4v) is 0.919. The van der Waals surface area contributed by atoms with Crippen molar-refractivity contribution in [1.82, 2.24) is 0 Å². The molecule has 0 N–H and O–H groups in total. The SMILES string of the molecule is C#Cc1ccccc1.C=C.c1ccccc1. The molecule has 0 spiro atoms. The molecule has 0 aromatic heterocycles. The highest BCUT2D eigenvalue weighted by atomic mass is 13.8. The lowest BCUT2D eigenvalue weighted by molar-refractivity contribution is 1.65. The van der Waals surface area contributed by atoms with Crippen molar-refractivity contribution in [3.8, 4) is 12.3 Å². The third kappa shape index (κ3) is 7.17. The van der Waals surface area contributed by atoms with Gasteiger partial charge in [-0.25, -0.2) is 0 Å². The van der Waals surface area contributed by atoms with Gasteiger partial charge in [0.05, 0.1) is 0 Å². The molecule has 0 amide bonds. The second-order valence-corrected chi connectivity index (χ2v) is 2.67. The molecule has 2 rings (SSSR count). The van der Waals surface area contributed by atoms with Gasteiger partial charge in [-0.3, -0.25) is 0 Å². The van der Waals surface area contributed by atoms with Crippen LogP contribution in [0.15, 0.2) is 79.9 Å². The lowest BCUT2D eigenvalue weighted by Crippen LogP contribution is -1.66. The van der Waals surface area contributed by atoms with Gasteiger partial charge in [0.1, 0.15) is 0 Å². The Morgan fingerprint density at radius 2 is 1.00 bits per heavy atom. The van der Waals surface area contributed by atoms with Gasteiger partial charge in [0.25, 0.3) is 0 Å². The van der Waals surface area contributed by atoms with E-state index in [2.05, 4.69) is 19.1 Å². The minimum Gasteiger partial charge on any atom is -0.115 e. The van der Waals surface area contributed by atoms with Crippen molar-refractivity contribution in [1.29, 1.82) is 0 Å². The van der Waals surface area contributed by atoms with Crippen LogP contribution in [0.5, 0.6) is 0 Å². The van der Waals surface area contributed by atoms with Crippen LogP contribution in [0.1, 0.15) is 5.56 Å². The number of hydrogen-bond donors (Lipinski definition) is 0. The average molecular weight is 208 g/mol. The molecule has 0 atom stereocenters. The molecule has 0 unspecified atom stereocenters. The largest absolute Gasteiger partial charge is 0.115 e.